The van der Waals surface area contributed by atoms with E-state index in [0.29, 0.717) is 18.4 Å². The zero-order valence-electron chi connectivity index (χ0n) is 10.5. The highest BCUT2D eigenvalue weighted by atomic mass is 16.5. The molecule has 0 fully saturated rings. The number of hydrogen-bond acceptors (Lipinski definition) is 2. The third-order valence-electron chi connectivity index (χ3n) is 3.71. The van der Waals surface area contributed by atoms with Gasteiger partial charge >= 0.3 is 0 Å². The van der Waals surface area contributed by atoms with Crippen molar-refractivity contribution in [2.45, 2.75) is 25.6 Å². The Hall–Kier alpha value is -1.41. The summed E-state index contributed by atoms with van der Waals surface area (Å²) in [7, 11) is 0. The molecule has 3 atom stereocenters. The van der Waals surface area contributed by atoms with Crippen LogP contribution in [0, 0.1) is 11.8 Å². The van der Waals surface area contributed by atoms with E-state index in [1.54, 1.807) is 0 Å². The van der Waals surface area contributed by atoms with Gasteiger partial charge in [-0.3, -0.25) is 4.99 Å². The van der Waals surface area contributed by atoms with Crippen LogP contribution in [-0.4, -0.2) is 18.9 Å². The molecule has 0 amide bonds. The molecule has 2 heteroatoms. The minimum atomic E-state index is 0.166. The van der Waals surface area contributed by atoms with E-state index in [1.165, 1.54) is 12.0 Å². The molecule has 94 valence electrons. The lowest BCUT2D eigenvalue weighted by molar-refractivity contribution is 0.0730. The molecule has 18 heavy (non-hydrogen) atoms. The van der Waals surface area contributed by atoms with Crippen LogP contribution in [0.2, 0.25) is 0 Å². The smallest absolute Gasteiger partial charge is 0.0931 e. The Morgan fingerprint density at radius 2 is 1.89 bits per heavy atom. The quantitative estimate of drug-likeness (QED) is 0.744. The highest BCUT2D eigenvalue weighted by molar-refractivity contribution is 5.63. The monoisotopic (exact) mass is 241 g/mol. The van der Waals surface area contributed by atoms with Gasteiger partial charge in [-0.15, -0.1) is 0 Å². The van der Waals surface area contributed by atoms with Gasteiger partial charge in [-0.1, -0.05) is 42.5 Å². The highest BCUT2D eigenvalue weighted by Crippen LogP contribution is 2.29. The van der Waals surface area contributed by atoms with Gasteiger partial charge in [0, 0.05) is 12.8 Å². The van der Waals surface area contributed by atoms with Crippen LogP contribution in [0.4, 0.5) is 0 Å². The molecule has 0 aromatic heterocycles. The van der Waals surface area contributed by atoms with Crippen LogP contribution in [0.1, 0.15) is 18.4 Å². The Kier molecular flexibility index (Phi) is 3.56. The minimum Gasteiger partial charge on any atom is -0.368 e. The van der Waals surface area contributed by atoms with Crippen molar-refractivity contribution >= 4 is 6.21 Å². The van der Waals surface area contributed by atoms with Crippen LogP contribution in [0.25, 0.3) is 0 Å². The van der Waals surface area contributed by atoms with E-state index in [0.717, 1.165) is 13.0 Å². The molecular weight excluding hydrogens is 222 g/mol. The fourth-order valence-corrected chi connectivity index (χ4v) is 2.73. The number of benzene rings is 1. The Morgan fingerprint density at radius 3 is 2.78 bits per heavy atom. The molecule has 3 unspecified atom stereocenters. The molecule has 3 rings (SSSR count). The third-order valence-corrected chi connectivity index (χ3v) is 3.71. The van der Waals surface area contributed by atoms with Crippen molar-refractivity contribution in [2.24, 2.45) is 16.8 Å². The van der Waals surface area contributed by atoms with Gasteiger partial charge in [0.15, 0.2) is 0 Å². The van der Waals surface area contributed by atoms with Crippen LogP contribution < -0.4 is 0 Å². The van der Waals surface area contributed by atoms with Crippen molar-refractivity contribution < 1.29 is 4.74 Å². The normalized spacial score (nSPS) is 31.9. The molecule has 2 nitrogen and oxygen atoms in total. The molecule has 2 bridgehead atoms. The number of nitrogens with zero attached hydrogens (tertiary/aromatic N) is 1. The lowest BCUT2D eigenvalue weighted by Crippen LogP contribution is -2.21. The molecule has 0 saturated carbocycles. The summed E-state index contributed by atoms with van der Waals surface area (Å²) in [5.41, 5.74) is 1.23. The SMILES string of the molecule is C1=CC2CC1C/N=C/C(OCc1ccccc1)C2. The second-order valence-corrected chi connectivity index (χ2v) is 5.23. The predicted molar refractivity (Wildman–Crippen MR) is 73.7 cm³/mol. The first-order chi connectivity index (χ1) is 8.90. The minimum absolute atomic E-state index is 0.166. The predicted octanol–water partition coefficient (Wildman–Crippen LogP) is 3.24. The molecule has 0 saturated heterocycles. The lowest BCUT2D eigenvalue weighted by Gasteiger charge is -2.20. The Balaban J connectivity index is 1.58. The van der Waals surface area contributed by atoms with Gasteiger partial charge in [-0.05, 0) is 30.2 Å². The Bertz CT molecular complexity index is 438. The van der Waals surface area contributed by atoms with E-state index in [-0.39, 0.29) is 6.10 Å². The number of ether oxygens (including phenoxy) is 1. The van der Waals surface area contributed by atoms with Gasteiger partial charge in [0.25, 0.3) is 0 Å². The van der Waals surface area contributed by atoms with E-state index in [4.69, 9.17) is 4.74 Å². The standard InChI is InChI=1S/C16H19NO/c1-2-4-13(5-3-1)12-18-16-9-14-6-7-15(8-14)10-17-11-16/h1-7,11,14-16H,8-10,12H2/b17-11+. The first-order valence-corrected chi connectivity index (χ1v) is 6.74. The fraction of sp³-hybridized carbons (Fsp3) is 0.438. The van der Waals surface area contributed by atoms with Crippen LogP contribution in [0.3, 0.4) is 0 Å². The molecular formula is C16H19NO. The molecule has 1 aliphatic carbocycles. The molecule has 0 N–H and O–H groups in total. The first-order valence-electron chi connectivity index (χ1n) is 6.74. The van der Waals surface area contributed by atoms with Crippen molar-refractivity contribution in [1.29, 1.82) is 0 Å². The third kappa shape index (κ3) is 2.88. The summed E-state index contributed by atoms with van der Waals surface area (Å²) in [5.74, 6) is 1.35. The number of rotatable bonds is 3. The maximum Gasteiger partial charge on any atom is 0.0931 e. The second-order valence-electron chi connectivity index (χ2n) is 5.23. The molecule has 1 heterocycles. The molecule has 1 aliphatic heterocycles. The summed E-state index contributed by atoms with van der Waals surface area (Å²) in [6.07, 6.45) is 9.17. The average Bonchev–Trinajstić information content (AvgIpc) is 2.84. The second kappa shape index (κ2) is 5.49. The summed E-state index contributed by atoms with van der Waals surface area (Å²) < 4.78 is 5.97. The van der Waals surface area contributed by atoms with Crippen molar-refractivity contribution in [3.05, 3.63) is 48.0 Å². The number of aliphatic imine (C=N–C) groups is 1. The van der Waals surface area contributed by atoms with Crippen molar-refractivity contribution in [3.63, 3.8) is 0 Å². The average molecular weight is 241 g/mol. The number of hydrogen-bond donors (Lipinski definition) is 0. The summed E-state index contributed by atoms with van der Waals surface area (Å²) in [5, 5.41) is 0. The van der Waals surface area contributed by atoms with Crippen molar-refractivity contribution in [3.8, 4) is 0 Å². The Labute approximate surface area is 108 Å². The van der Waals surface area contributed by atoms with E-state index in [9.17, 15) is 0 Å². The van der Waals surface area contributed by atoms with Gasteiger partial charge in [0.2, 0.25) is 0 Å². The fourth-order valence-electron chi connectivity index (χ4n) is 2.73. The van der Waals surface area contributed by atoms with Gasteiger partial charge in [-0.25, -0.2) is 0 Å². The van der Waals surface area contributed by atoms with Gasteiger partial charge in [0.05, 0.1) is 12.7 Å². The first kappa shape index (κ1) is 11.7. The molecule has 0 spiro atoms. The largest absolute Gasteiger partial charge is 0.368 e. The lowest BCUT2D eigenvalue weighted by atomic mass is 9.96. The van der Waals surface area contributed by atoms with Crippen molar-refractivity contribution in [1.82, 2.24) is 0 Å². The summed E-state index contributed by atoms with van der Waals surface area (Å²) in [6.45, 7) is 1.61. The zero-order chi connectivity index (χ0) is 12.2. The van der Waals surface area contributed by atoms with Crippen LogP contribution in [0.15, 0.2) is 47.5 Å². The topological polar surface area (TPSA) is 21.6 Å². The van der Waals surface area contributed by atoms with Crippen LogP contribution in [-0.2, 0) is 11.3 Å². The molecule has 1 aromatic carbocycles. The van der Waals surface area contributed by atoms with E-state index >= 15 is 0 Å². The summed E-state index contributed by atoms with van der Waals surface area (Å²) >= 11 is 0. The number of fused-ring (bicyclic) bond motifs is 2. The molecule has 2 aliphatic rings. The van der Waals surface area contributed by atoms with Crippen LogP contribution in [0.5, 0.6) is 0 Å². The van der Waals surface area contributed by atoms with Gasteiger partial charge < -0.3 is 4.74 Å². The zero-order valence-corrected chi connectivity index (χ0v) is 10.5. The Morgan fingerprint density at radius 1 is 1.06 bits per heavy atom. The van der Waals surface area contributed by atoms with Gasteiger partial charge in [0.1, 0.15) is 0 Å². The number of allylic oxidation sites excluding steroid dienone is 1. The molecule has 1 aromatic rings. The van der Waals surface area contributed by atoms with E-state index in [1.807, 2.05) is 12.3 Å². The van der Waals surface area contributed by atoms with Crippen LogP contribution >= 0.6 is 0 Å². The van der Waals surface area contributed by atoms with Crippen molar-refractivity contribution in [2.75, 3.05) is 6.54 Å². The van der Waals surface area contributed by atoms with E-state index < -0.39 is 0 Å². The maximum absolute atomic E-state index is 5.97. The van der Waals surface area contributed by atoms with Gasteiger partial charge in [-0.2, -0.15) is 0 Å². The highest BCUT2D eigenvalue weighted by Gasteiger charge is 2.23. The maximum atomic E-state index is 5.97. The molecule has 0 radical (unpaired) electrons. The summed E-state index contributed by atoms with van der Waals surface area (Å²) in [6, 6.07) is 10.3. The van der Waals surface area contributed by atoms with E-state index in [2.05, 4.69) is 41.4 Å². The summed E-state index contributed by atoms with van der Waals surface area (Å²) in [4.78, 5) is 4.50.